The Bertz CT molecular complexity index is 3680. The Morgan fingerprint density at radius 2 is 1.13 bits per heavy atom. The van der Waals surface area contributed by atoms with Crippen molar-refractivity contribution in [1.82, 2.24) is 82.7 Å². The lowest BCUT2D eigenvalue weighted by Crippen LogP contribution is -2.61. The maximum atomic E-state index is 14.8. The zero-order chi connectivity index (χ0) is 66.9. The summed E-state index contributed by atoms with van der Waals surface area (Å²) < 4.78 is 17.0. The van der Waals surface area contributed by atoms with Crippen molar-refractivity contribution in [2.45, 2.75) is 131 Å². The third-order valence-corrected chi connectivity index (χ3v) is 15.3. The van der Waals surface area contributed by atoms with Gasteiger partial charge in [-0.15, -0.1) is 0 Å². The van der Waals surface area contributed by atoms with E-state index >= 15 is 0 Å². The topological polar surface area (TPSA) is 498 Å². The van der Waals surface area contributed by atoms with Crippen LogP contribution in [0.1, 0.15) is 76.6 Å². The normalized spacial score (nSPS) is 18.8. The number of nitrogens with zero attached hydrogens (tertiary/aromatic N) is 3. The van der Waals surface area contributed by atoms with Crippen molar-refractivity contribution in [1.29, 1.82) is 0 Å². The molecule has 0 saturated carbocycles. The predicted octanol–water partition coefficient (Wildman–Crippen LogP) is -3.77. The summed E-state index contributed by atoms with van der Waals surface area (Å²) in [6.07, 6.45) is 4.30. The maximum absolute atomic E-state index is 14.8. The van der Waals surface area contributed by atoms with Gasteiger partial charge in [-0.05, 0) is 68.3 Å². The molecule has 2 unspecified atom stereocenters. The van der Waals surface area contributed by atoms with Gasteiger partial charge in [-0.1, -0.05) is 36.4 Å². The van der Waals surface area contributed by atoms with Gasteiger partial charge < -0.3 is 94.4 Å². The van der Waals surface area contributed by atoms with Crippen LogP contribution >= 0.6 is 0 Å². The first-order valence-corrected chi connectivity index (χ1v) is 29.3. The minimum absolute atomic E-state index is 0.0839. The van der Waals surface area contributed by atoms with Crippen LogP contribution in [-0.2, 0) is 83.2 Å². The molecule has 2 fully saturated rings. The highest BCUT2D eigenvalue weighted by atomic mass is 16.4. The van der Waals surface area contributed by atoms with E-state index in [1.807, 2.05) is 0 Å². The summed E-state index contributed by atoms with van der Waals surface area (Å²) in [6, 6.07) is -0.151. The Balaban J connectivity index is 1.02. The molecule has 2 saturated heterocycles. The van der Waals surface area contributed by atoms with Crippen molar-refractivity contribution in [3.63, 3.8) is 0 Å². The number of hydrogen-bond donors (Lipinski definition) is 17. The Morgan fingerprint density at radius 3 is 1.63 bits per heavy atom. The molecule has 6 aromatic rings. The molecule has 32 heteroatoms. The van der Waals surface area contributed by atoms with Crippen LogP contribution in [0, 0.1) is 0 Å². The highest BCUT2D eigenvalue weighted by Gasteiger charge is 2.40. The number of aliphatic hydroxyl groups excluding tert-OH is 1. The Morgan fingerprint density at radius 1 is 0.637 bits per heavy atom. The number of aliphatic hydroxyl groups is 1. The molecule has 8 rings (SSSR count). The van der Waals surface area contributed by atoms with Crippen LogP contribution < -0.4 is 59.3 Å². The number of aromatic amines is 4. The number of amides is 11. The highest BCUT2D eigenvalue weighted by Crippen LogP contribution is 2.23. The molecular formula is C59H74N18O14. The largest absolute Gasteiger partial charge is 0.481 e. The number of carbonyl (C=O) groups excluding carboxylic acids is 11. The average Bonchev–Trinajstić information content (AvgIpc) is 1.71. The van der Waals surface area contributed by atoms with Crippen molar-refractivity contribution in [2.75, 3.05) is 26.2 Å². The fourth-order valence-electron chi connectivity index (χ4n) is 10.6. The van der Waals surface area contributed by atoms with E-state index in [1.54, 1.807) is 60.9 Å². The molecule has 91 heavy (non-hydrogen) atoms. The van der Waals surface area contributed by atoms with Crippen molar-refractivity contribution >= 4 is 92.8 Å². The summed E-state index contributed by atoms with van der Waals surface area (Å²) in [4.78, 5) is 185. The molecule has 484 valence electrons. The van der Waals surface area contributed by atoms with E-state index in [-0.39, 0.29) is 63.1 Å². The van der Waals surface area contributed by atoms with Crippen LogP contribution in [0.4, 0.5) is 0 Å². The van der Waals surface area contributed by atoms with Gasteiger partial charge >= 0.3 is 5.97 Å². The molecule has 0 bridgehead atoms. The number of likely N-dealkylation sites (tertiary alicyclic amines) is 1. The molecule has 2 aromatic carbocycles. The second-order valence-corrected chi connectivity index (χ2v) is 21.9. The number of aliphatic carboxylic acids is 1. The SMILES string of the molecule is [3H]C1CN(C(=O)[C@H](CCCCN)NC(=O)[C@H](Cc2c[nH]c3ccccc23)NC(=O)[C@H](CC(=O)O)NC(=O)[C@H](Cc2cnc[nH]2)NC(=O)[C@H](CO)NC(=O)[C@H](Cc2c[nH]c3ccccc23)NC(=O)[C@H](Cc2cnc[nH]2)NC(=O)[C@@H]2CCC(=O)N2)[C@H](C(=O)NCC(N)=O)C1[3H]. The summed E-state index contributed by atoms with van der Waals surface area (Å²) in [5, 5.41) is 44.8. The second kappa shape index (κ2) is 31.6. The number of para-hydroxylation sites is 2. The number of hydrogen-bond acceptors (Lipinski definition) is 16. The van der Waals surface area contributed by atoms with Crippen LogP contribution in [0.3, 0.4) is 0 Å². The summed E-state index contributed by atoms with van der Waals surface area (Å²) >= 11 is 0. The number of aromatic nitrogens is 6. The van der Waals surface area contributed by atoms with Crippen LogP contribution in [0.2, 0.25) is 0 Å². The number of carbonyl (C=O) groups is 12. The summed E-state index contributed by atoms with van der Waals surface area (Å²) in [5.41, 5.74) is 13.9. The number of H-pyrrole nitrogens is 4. The first-order valence-electron chi connectivity index (χ1n) is 30.5. The lowest BCUT2D eigenvalue weighted by molar-refractivity contribution is -0.143. The van der Waals surface area contributed by atoms with Crippen molar-refractivity contribution in [3.8, 4) is 0 Å². The number of nitrogens with one attached hydrogen (secondary N) is 13. The van der Waals surface area contributed by atoms with E-state index in [2.05, 4.69) is 77.8 Å². The summed E-state index contributed by atoms with van der Waals surface area (Å²) in [5.74, 6) is -11.8. The van der Waals surface area contributed by atoms with E-state index < -0.39 is 165 Å². The maximum Gasteiger partial charge on any atom is 0.305 e. The van der Waals surface area contributed by atoms with Crippen LogP contribution in [0.15, 0.2) is 86.0 Å². The van der Waals surface area contributed by atoms with E-state index in [1.165, 1.54) is 25.0 Å². The van der Waals surface area contributed by atoms with Gasteiger partial charge in [-0.25, -0.2) is 9.97 Å². The fraction of sp³-hybridized carbons (Fsp3) is 0.424. The molecule has 19 N–H and O–H groups in total. The number of primary amides is 1. The van der Waals surface area contributed by atoms with Crippen molar-refractivity contribution < 1.29 is 70.5 Å². The molecule has 6 heterocycles. The monoisotopic (exact) mass is 1260 g/mol. The van der Waals surface area contributed by atoms with E-state index in [0.717, 1.165) is 4.90 Å². The molecular weight excluding hydrogens is 1180 g/mol. The number of rotatable bonds is 33. The smallest absolute Gasteiger partial charge is 0.305 e. The Hall–Kier alpha value is -10.5. The predicted molar refractivity (Wildman–Crippen MR) is 322 cm³/mol. The van der Waals surface area contributed by atoms with E-state index in [9.17, 15) is 67.7 Å². The summed E-state index contributed by atoms with van der Waals surface area (Å²) in [6.45, 7) is -1.96. The molecule has 0 spiro atoms. The number of benzene rings is 2. The standard InChI is InChI=1S/C59H74N18O14/c60-16-6-5-12-40(59(91)77-17-7-13-47(77)58(90)66-27-48(61)79)70-52(84)41(18-31-23-64-37-10-3-1-8-35(31)37)72-56(88)45(22-50(81)82)75-55(87)44(21-34-26-63-30-68-34)74-57(89)46(28-78)76-53(85)42(19-32-24-65-38-11-4-2-9-36(32)38)71-54(86)43(20-33-25-62-29-67-33)73-51(83)39-14-15-49(80)69-39/h1-4,8-11,23-26,29-30,39-47,64-65,78H,5-7,12-22,27-28,60H2,(H2,61,79)(H,62,67)(H,63,68)(H,66,90)(H,69,80)(H,70,84)(H,71,86)(H,72,88)(H,73,83)(H,74,89)(H,75,87)(H,76,85)(H,81,82)/t39-,40-,41-,42-,43-,44-,45-,46-,47-/m0/s1/i7T,13T/t7?,13?,39-,40-,41-,42-,43-,44-,45-,46-,47-. The zero-order valence-electron chi connectivity index (χ0n) is 51.1. The first-order chi connectivity index (χ1) is 44.6. The molecule has 11 atom stereocenters. The molecule has 4 aromatic heterocycles. The summed E-state index contributed by atoms with van der Waals surface area (Å²) in [7, 11) is 0. The van der Waals surface area contributed by atoms with E-state index in [4.69, 9.17) is 14.2 Å². The Kier molecular flexibility index (Phi) is 22.1. The van der Waals surface area contributed by atoms with Crippen molar-refractivity contribution in [3.05, 3.63) is 108 Å². The molecule has 32 nitrogen and oxygen atoms in total. The van der Waals surface area contributed by atoms with Gasteiger partial charge in [0.2, 0.25) is 65.0 Å². The van der Waals surface area contributed by atoms with Gasteiger partial charge in [-0.3, -0.25) is 57.5 Å². The first kappa shape index (κ1) is 63.5. The lowest BCUT2D eigenvalue weighted by atomic mass is 10.0. The fourth-order valence-corrected chi connectivity index (χ4v) is 10.6. The van der Waals surface area contributed by atoms with Gasteiger partial charge in [-0.2, -0.15) is 0 Å². The number of imidazole rings is 2. The molecule has 2 aliphatic heterocycles. The quantitative estimate of drug-likeness (QED) is 0.0176. The number of unbranched alkanes of at least 4 members (excludes halogenated alkanes) is 1. The minimum Gasteiger partial charge on any atom is -0.481 e. The number of fused-ring (bicyclic) bond motifs is 2. The lowest BCUT2D eigenvalue weighted by Gasteiger charge is -2.30. The molecule has 0 radical (unpaired) electrons. The van der Waals surface area contributed by atoms with Gasteiger partial charge in [0.1, 0.15) is 54.4 Å². The van der Waals surface area contributed by atoms with Crippen LogP contribution in [-0.4, -0.2) is 197 Å². The number of carboxylic acids is 1. The van der Waals surface area contributed by atoms with Gasteiger partial charge in [0, 0.05) is 99.4 Å². The van der Waals surface area contributed by atoms with Gasteiger partial charge in [0.15, 0.2) is 0 Å². The third kappa shape index (κ3) is 18.1. The van der Waals surface area contributed by atoms with Crippen LogP contribution in [0.5, 0.6) is 0 Å². The molecule has 2 aliphatic rings. The minimum atomic E-state index is -2.01. The van der Waals surface area contributed by atoms with Gasteiger partial charge in [0.25, 0.3) is 0 Å². The number of carboxylic acid groups (broad SMARTS) is 1. The average molecular weight is 1260 g/mol. The van der Waals surface area contributed by atoms with Gasteiger partial charge in [0.05, 0.1) is 32.2 Å². The number of nitrogens with two attached hydrogens (primary N) is 2. The second-order valence-electron chi connectivity index (χ2n) is 21.9. The van der Waals surface area contributed by atoms with Crippen molar-refractivity contribution in [2.24, 2.45) is 11.5 Å². The zero-order valence-corrected chi connectivity index (χ0v) is 49.1. The Labute approximate surface area is 521 Å². The van der Waals surface area contributed by atoms with E-state index in [0.29, 0.717) is 45.0 Å². The highest BCUT2D eigenvalue weighted by molar-refractivity contribution is 6.00. The molecule has 0 aliphatic carbocycles. The van der Waals surface area contributed by atoms with Crippen LogP contribution in [0.25, 0.3) is 21.8 Å². The third-order valence-electron chi connectivity index (χ3n) is 15.3. The molecule has 11 amide bonds.